The molecule has 1 N–H and O–H groups in total. The quantitative estimate of drug-likeness (QED) is 0.750. The van der Waals surface area contributed by atoms with E-state index in [4.69, 9.17) is 0 Å². The molecule has 3 rings (SSSR count). The molecule has 2 heterocycles. The summed E-state index contributed by atoms with van der Waals surface area (Å²) in [5.74, 6) is 0.447. The van der Waals surface area contributed by atoms with E-state index in [1.807, 2.05) is 49.4 Å². The lowest BCUT2D eigenvalue weighted by atomic mass is 10.2. The highest BCUT2D eigenvalue weighted by Crippen LogP contribution is 2.16. The van der Waals surface area contributed by atoms with Gasteiger partial charge < -0.3 is 10.2 Å². The maximum absolute atomic E-state index is 12.7. The van der Waals surface area contributed by atoms with Crippen molar-refractivity contribution < 1.29 is 4.79 Å². The van der Waals surface area contributed by atoms with Crippen molar-refractivity contribution in [2.45, 2.75) is 13.5 Å². The second kappa shape index (κ2) is 8.01. The number of nitrogens with one attached hydrogen (secondary N) is 1. The molecule has 0 saturated carbocycles. The first-order valence-electron chi connectivity index (χ1n) is 8.09. The molecule has 6 nitrogen and oxygen atoms in total. The van der Waals surface area contributed by atoms with Crippen molar-refractivity contribution in [2.75, 3.05) is 16.8 Å². The molecule has 6 heteroatoms. The predicted molar refractivity (Wildman–Crippen MR) is 97.4 cm³/mol. The first-order valence-corrected chi connectivity index (χ1v) is 8.09. The number of hydrogen-bond donors (Lipinski definition) is 1. The zero-order valence-corrected chi connectivity index (χ0v) is 14.0. The van der Waals surface area contributed by atoms with Crippen molar-refractivity contribution >= 4 is 17.4 Å². The summed E-state index contributed by atoms with van der Waals surface area (Å²) in [7, 11) is 0. The van der Waals surface area contributed by atoms with E-state index in [-0.39, 0.29) is 5.91 Å². The third-order valence-corrected chi connectivity index (χ3v) is 3.70. The van der Waals surface area contributed by atoms with E-state index in [1.54, 1.807) is 23.5 Å². The van der Waals surface area contributed by atoms with E-state index in [1.165, 1.54) is 6.20 Å². The second-order valence-corrected chi connectivity index (χ2v) is 5.39. The SMILES string of the molecule is CCN(C(=O)c1cnc(NCc2cccnc2)cn1)c1ccccc1. The minimum atomic E-state index is -0.167. The van der Waals surface area contributed by atoms with Crippen LogP contribution < -0.4 is 10.2 Å². The number of carbonyl (C=O) groups is 1. The van der Waals surface area contributed by atoms with E-state index in [0.29, 0.717) is 24.6 Å². The Morgan fingerprint density at radius 1 is 1.04 bits per heavy atom. The average Bonchev–Trinajstić information content (AvgIpc) is 2.69. The molecule has 0 aliphatic rings. The van der Waals surface area contributed by atoms with Crippen molar-refractivity contribution in [3.05, 3.63) is 78.5 Å². The fourth-order valence-electron chi connectivity index (χ4n) is 2.41. The van der Waals surface area contributed by atoms with Gasteiger partial charge in [-0.3, -0.25) is 9.78 Å². The Balaban J connectivity index is 1.68. The minimum Gasteiger partial charge on any atom is -0.365 e. The van der Waals surface area contributed by atoms with Crippen LogP contribution in [0.3, 0.4) is 0 Å². The van der Waals surface area contributed by atoms with Gasteiger partial charge in [0.2, 0.25) is 0 Å². The lowest BCUT2D eigenvalue weighted by molar-refractivity contribution is 0.0983. The molecular formula is C19H19N5O. The molecule has 3 aromatic rings. The number of hydrogen-bond acceptors (Lipinski definition) is 5. The highest BCUT2D eigenvalue weighted by atomic mass is 16.2. The molecule has 0 aliphatic heterocycles. The molecule has 0 atom stereocenters. The van der Waals surface area contributed by atoms with Crippen molar-refractivity contribution in [3.63, 3.8) is 0 Å². The van der Waals surface area contributed by atoms with Crippen molar-refractivity contribution in [2.24, 2.45) is 0 Å². The molecule has 1 amide bonds. The fraction of sp³-hybridized carbons (Fsp3) is 0.158. The first kappa shape index (κ1) is 16.6. The van der Waals surface area contributed by atoms with Crippen LogP contribution in [-0.4, -0.2) is 27.4 Å². The number of rotatable bonds is 6. The largest absolute Gasteiger partial charge is 0.365 e. The van der Waals surface area contributed by atoms with Gasteiger partial charge in [-0.25, -0.2) is 9.97 Å². The van der Waals surface area contributed by atoms with Gasteiger partial charge in [0.05, 0.1) is 12.4 Å². The van der Waals surface area contributed by atoms with Crippen LogP contribution in [0.1, 0.15) is 23.0 Å². The number of amides is 1. The van der Waals surface area contributed by atoms with E-state index < -0.39 is 0 Å². The van der Waals surface area contributed by atoms with Crippen LogP contribution in [0.15, 0.2) is 67.3 Å². The van der Waals surface area contributed by atoms with Gasteiger partial charge in [0, 0.05) is 31.2 Å². The third-order valence-electron chi connectivity index (χ3n) is 3.70. The van der Waals surface area contributed by atoms with E-state index in [9.17, 15) is 4.79 Å². The highest BCUT2D eigenvalue weighted by molar-refractivity contribution is 6.04. The Hall–Kier alpha value is -3.28. The highest BCUT2D eigenvalue weighted by Gasteiger charge is 2.17. The van der Waals surface area contributed by atoms with Crippen LogP contribution in [0.2, 0.25) is 0 Å². The summed E-state index contributed by atoms with van der Waals surface area (Å²) in [6, 6.07) is 13.4. The van der Waals surface area contributed by atoms with Crippen LogP contribution in [0.5, 0.6) is 0 Å². The number of pyridine rings is 1. The molecule has 0 radical (unpaired) electrons. The van der Waals surface area contributed by atoms with Crippen LogP contribution in [0, 0.1) is 0 Å². The standard InChI is InChI=1S/C19H19N5O/c1-2-24(16-8-4-3-5-9-16)19(25)17-13-23-18(14-21-17)22-12-15-7-6-10-20-11-15/h3-11,13-14H,2,12H2,1H3,(H,22,23). The molecule has 2 aromatic heterocycles. The summed E-state index contributed by atoms with van der Waals surface area (Å²) >= 11 is 0. The molecule has 0 unspecified atom stereocenters. The van der Waals surface area contributed by atoms with Gasteiger partial charge in [-0.2, -0.15) is 0 Å². The van der Waals surface area contributed by atoms with Gasteiger partial charge in [0.15, 0.2) is 0 Å². The smallest absolute Gasteiger partial charge is 0.278 e. The van der Waals surface area contributed by atoms with E-state index in [2.05, 4.69) is 20.3 Å². The average molecular weight is 333 g/mol. The monoisotopic (exact) mass is 333 g/mol. The van der Waals surface area contributed by atoms with Gasteiger partial charge in [-0.1, -0.05) is 24.3 Å². The normalized spacial score (nSPS) is 10.3. The topological polar surface area (TPSA) is 71.0 Å². The van der Waals surface area contributed by atoms with Crippen LogP contribution in [0.4, 0.5) is 11.5 Å². The van der Waals surface area contributed by atoms with Crippen LogP contribution in [0.25, 0.3) is 0 Å². The second-order valence-electron chi connectivity index (χ2n) is 5.39. The number of para-hydroxylation sites is 1. The summed E-state index contributed by atoms with van der Waals surface area (Å²) in [5.41, 5.74) is 2.21. The van der Waals surface area contributed by atoms with Crippen LogP contribution >= 0.6 is 0 Å². The van der Waals surface area contributed by atoms with Gasteiger partial charge in [0.1, 0.15) is 11.5 Å². The zero-order valence-electron chi connectivity index (χ0n) is 14.0. The summed E-state index contributed by atoms with van der Waals surface area (Å²) in [6.45, 7) is 3.09. The third kappa shape index (κ3) is 4.17. The van der Waals surface area contributed by atoms with Gasteiger partial charge in [0.25, 0.3) is 5.91 Å². The van der Waals surface area contributed by atoms with E-state index >= 15 is 0 Å². The van der Waals surface area contributed by atoms with Gasteiger partial charge in [-0.15, -0.1) is 0 Å². The Labute approximate surface area is 146 Å². The first-order chi connectivity index (χ1) is 12.3. The maximum atomic E-state index is 12.7. The van der Waals surface area contributed by atoms with E-state index in [0.717, 1.165) is 11.3 Å². The van der Waals surface area contributed by atoms with Crippen molar-refractivity contribution in [1.82, 2.24) is 15.0 Å². The van der Waals surface area contributed by atoms with Gasteiger partial charge >= 0.3 is 0 Å². The Morgan fingerprint density at radius 2 is 1.88 bits per heavy atom. The maximum Gasteiger partial charge on any atom is 0.278 e. The molecule has 0 fully saturated rings. The zero-order chi connectivity index (χ0) is 17.5. The van der Waals surface area contributed by atoms with Crippen molar-refractivity contribution in [1.29, 1.82) is 0 Å². The molecule has 0 aliphatic carbocycles. The number of nitrogens with zero attached hydrogens (tertiary/aromatic N) is 4. The Morgan fingerprint density at radius 3 is 2.52 bits per heavy atom. The van der Waals surface area contributed by atoms with Crippen LogP contribution in [-0.2, 0) is 6.54 Å². The number of aromatic nitrogens is 3. The minimum absolute atomic E-state index is 0.167. The number of anilines is 2. The number of carbonyl (C=O) groups excluding carboxylic acids is 1. The molecule has 1 aromatic carbocycles. The summed E-state index contributed by atoms with van der Waals surface area (Å²) in [6.07, 6.45) is 6.59. The summed E-state index contributed by atoms with van der Waals surface area (Å²) < 4.78 is 0. The lowest BCUT2D eigenvalue weighted by Gasteiger charge is -2.20. The molecule has 0 saturated heterocycles. The molecule has 0 spiro atoms. The Bertz CT molecular complexity index is 806. The molecule has 25 heavy (non-hydrogen) atoms. The van der Waals surface area contributed by atoms with Crippen molar-refractivity contribution in [3.8, 4) is 0 Å². The summed E-state index contributed by atoms with van der Waals surface area (Å²) in [5, 5.41) is 3.16. The number of benzene rings is 1. The predicted octanol–water partition coefficient (Wildman–Crippen LogP) is 3.15. The summed E-state index contributed by atoms with van der Waals surface area (Å²) in [4.78, 5) is 26.9. The molecular weight excluding hydrogens is 314 g/mol. The van der Waals surface area contributed by atoms with Gasteiger partial charge in [-0.05, 0) is 30.7 Å². The fourth-order valence-corrected chi connectivity index (χ4v) is 2.41. The molecule has 126 valence electrons. The Kier molecular flexibility index (Phi) is 5.31. The molecule has 0 bridgehead atoms. The lowest BCUT2D eigenvalue weighted by Crippen LogP contribution is -2.31.